The van der Waals surface area contributed by atoms with Crippen LogP contribution in [0.25, 0.3) is 11.0 Å². The van der Waals surface area contributed by atoms with Gasteiger partial charge in [0.2, 0.25) is 0 Å². The third kappa shape index (κ3) is 4.21. The Hall–Kier alpha value is -2.08. The number of fused-ring (bicyclic) bond motifs is 1. The average molecular weight is 304 g/mol. The number of aryl methyl sites for hydroxylation is 1. The number of likely N-dealkylation sites (N-methyl/N-ethyl adjacent to an activating group) is 1. The number of halogens is 1. The number of aromatic nitrogens is 2. The van der Waals surface area contributed by atoms with Gasteiger partial charge in [-0.15, -0.1) is 0 Å². The number of amides is 1. The van der Waals surface area contributed by atoms with E-state index < -0.39 is 0 Å². The first kappa shape index (κ1) is 16.3. The smallest absolute Gasteiger partial charge is 0.271 e. The highest BCUT2D eigenvalue weighted by Gasteiger charge is 2.09. The van der Waals surface area contributed by atoms with Crippen molar-refractivity contribution in [2.24, 2.45) is 0 Å². The lowest BCUT2D eigenvalue weighted by Crippen LogP contribution is -2.36. The highest BCUT2D eigenvalue weighted by atomic mass is 19.1. The average Bonchev–Trinajstić information content (AvgIpc) is 2.53. The lowest BCUT2D eigenvalue weighted by molar-refractivity contribution is 0.0943. The molecule has 0 aliphatic rings. The minimum atomic E-state index is -0.378. The van der Waals surface area contributed by atoms with E-state index in [4.69, 9.17) is 0 Å². The van der Waals surface area contributed by atoms with Gasteiger partial charge in [-0.1, -0.05) is 13.0 Å². The van der Waals surface area contributed by atoms with Gasteiger partial charge in [0, 0.05) is 19.6 Å². The first-order chi connectivity index (χ1) is 10.6. The maximum atomic E-state index is 12.3. The lowest BCUT2D eigenvalue weighted by atomic mass is 10.2. The summed E-state index contributed by atoms with van der Waals surface area (Å²) in [5, 5.41) is 2.79. The molecule has 2 aromatic rings. The van der Waals surface area contributed by atoms with Crippen LogP contribution in [-0.2, 0) is 0 Å². The number of carbonyl (C=O) groups is 1. The molecule has 0 saturated heterocycles. The van der Waals surface area contributed by atoms with Gasteiger partial charge in [-0.05, 0) is 31.2 Å². The molecule has 0 unspecified atom stereocenters. The Kier molecular flexibility index (Phi) is 5.77. The Labute approximate surface area is 129 Å². The Morgan fingerprint density at radius 3 is 2.86 bits per heavy atom. The van der Waals surface area contributed by atoms with Gasteiger partial charge in [0.1, 0.15) is 12.4 Å². The summed E-state index contributed by atoms with van der Waals surface area (Å²) in [6, 6.07) is 5.73. The molecule has 1 aromatic heterocycles. The summed E-state index contributed by atoms with van der Waals surface area (Å²) >= 11 is 0. The minimum Gasteiger partial charge on any atom is -0.349 e. The quantitative estimate of drug-likeness (QED) is 0.849. The number of rotatable bonds is 7. The molecule has 1 N–H and O–H groups in total. The molecule has 0 aliphatic heterocycles. The van der Waals surface area contributed by atoms with E-state index in [0.29, 0.717) is 30.8 Å². The van der Waals surface area contributed by atoms with Crippen LogP contribution >= 0.6 is 0 Å². The fourth-order valence-corrected chi connectivity index (χ4v) is 2.20. The number of carbonyl (C=O) groups excluding carboxylic acids is 1. The number of hydrogen-bond donors (Lipinski definition) is 1. The Bertz CT molecular complexity index is 647. The molecule has 0 bridgehead atoms. The van der Waals surface area contributed by atoms with Crippen molar-refractivity contribution >= 4 is 16.9 Å². The topological polar surface area (TPSA) is 58.1 Å². The molecule has 1 heterocycles. The van der Waals surface area contributed by atoms with E-state index in [0.717, 1.165) is 17.6 Å². The van der Waals surface area contributed by atoms with Crippen molar-refractivity contribution in [2.45, 2.75) is 13.8 Å². The maximum absolute atomic E-state index is 12.3. The van der Waals surface area contributed by atoms with Gasteiger partial charge in [-0.3, -0.25) is 14.7 Å². The number of benzene rings is 1. The summed E-state index contributed by atoms with van der Waals surface area (Å²) in [4.78, 5) is 22.6. The zero-order valence-corrected chi connectivity index (χ0v) is 13.0. The van der Waals surface area contributed by atoms with Crippen molar-refractivity contribution in [1.82, 2.24) is 20.2 Å². The monoisotopic (exact) mass is 304 g/mol. The van der Waals surface area contributed by atoms with Crippen LogP contribution in [0.2, 0.25) is 0 Å². The van der Waals surface area contributed by atoms with Crippen LogP contribution < -0.4 is 5.32 Å². The highest BCUT2D eigenvalue weighted by molar-refractivity contribution is 5.93. The fourth-order valence-electron chi connectivity index (χ4n) is 2.20. The largest absolute Gasteiger partial charge is 0.349 e. The van der Waals surface area contributed by atoms with E-state index in [1.807, 2.05) is 36.9 Å². The number of hydrogen-bond acceptors (Lipinski definition) is 4. The van der Waals surface area contributed by atoms with Crippen molar-refractivity contribution in [1.29, 1.82) is 0 Å². The Balaban J connectivity index is 1.96. The van der Waals surface area contributed by atoms with Gasteiger partial charge in [0.25, 0.3) is 5.91 Å². The van der Waals surface area contributed by atoms with Gasteiger partial charge in [-0.2, -0.15) is 0 Å². The molecule has 118 valence electrons. The van der Waals surface area contributed by atoms with E-state index in [2.05, 4.69) is 15.3 Å². The molecule has 0 spiro atoms. The third-order valence-electron chi connectivity index (χ3n) is 3.49. The predicted molar refractivity (Wildman–Crippen MR) is 84.7 cm³/mol. The van der Waals surface area contributed by atoms with Crippen molar-refractivity contribution in [3.05, 3.63) is 35.7 Å². The van der Waals surface area contributed by atoms with Crippen molar-refractivity contribution < 1.29 is 9.18 Å². The second-order valence-corrected chi connectivity index (χ2v) is 5.13. The van der Waals surface area contributed by atoms with E-state index in [-0.39, 0.29) is 12.6 Å². The third-order valence-corrected chi connectivity index (χ3v) is 3.49. The molecular formula is C16H21FN4O. The van der Waals surface area contributed by atoms with Crippen molar-refractivity contribution in [3.63, 3.8) is 0 Å². The van der Waals surface area contributed by atoms with Crippen LogP contribution in [0.15, 0.2) is 24.4 Å². The van der Waals surface area contributed by atoms with E-state index >= 15 is 0 Å². The summed E-state index contributed by atoms with van der Waals surface area (Å²) in [5.41, 5.74) is 2.87. The summed E-state index contributed by atoms with van der Waals surface area (Å²) in [5.74, 6) is -0.258. The van der Waals surface area contributed by atoms with Crippen molar-refractivity contribution in [3.8, 4) is 0 Å². The molecule has 5 nitrogen and oxygen atoms in total. The number of alkyl halides is 1. The van der Waals surface area contributed by atoms with Gasteiger partial charge in [0.05, 0.1) is 17.2 Å². The predicted octanol–water partition coefficient (Wildman–Crippen LogP) is 1.96. The van der Waals surface area contributed by atoms with Crippen LogP contribution in [0.4, 0.5) is 4.39 Å². The lowest BCUT2D eigenvalue weighted by Gasteiger charge is -2.18. The molecule has 0 saturated carbocycles. The van der Waals surface area contributed by atoms with Gasteiger partial charge in [0.15, 0.2) is 0 Å². The first-order valence-corrected chi connectivity index (χ1v) is 7.44. The number of nitrogens with one attached hydrogen (secondary N) is 1. The maximum Gasteiger partial charge on any atom is 0.271 e. The number of nitrogens with zero attached hydrogens (tertiary/aromatic N) is 3. The van der Waals surface area contributed by atoms with Crippen LogP contribution in [-0.4, -0.2) is 53.6 Å². The molecule has 2 rings (SSSR count). The molecule has 1 aromatic carbocycles. The molecule has 0 fully saturated rings. The first-order valence-electron chi connectivity index (χ1n) is 7.44. The molecule has 22 heavy (non-hydrogen) atoms. The van der Waals surface area contributed by atoms with E-state index in [1.54, 1.807) is 0 Å². The second-order valence-electron chi connectivity index (χ2n) is 5.13. The summed E-state index contributed by atoms with van der Waals surface area (Å²) in [7, 11) is 0. The summed E-state index contributed by atoms with van der Waals surface area (Å²) in [6.07, 6.45) is 1.48. The highest BCUT2D eigenvalue weighted by Crippen LogP contribution is 2.11. The van der Waals surface area contributed by atoms with Crippen molar-refractivity contribution in [2.75, 3.05) is 32.9 Å². The molecule has 0 atom stereocenters. The zero-order valence-electron chi connectivity index (χ0n) is 13.0. The SMILES string of the molecule is CCN(CCF)CCNC(=O)c1cnc2cc(C)ccc2n1. The summed E-state index contributed by atoms with van der Waals surface area (Å²) < 4.78 is 12.3. The van der Waals surface area contributed by atoms with Gasteiger partial charge < -0.3 is 5.32 Å². The van der Waals surface area contributed by atoms with Gasteiger partial charge >= 0.3 is 0 Å². The van der Waals surface area contributed by atoms with Crippen LogP contribution in [0.1, 0.15) is 23.0 Å². The van der Waals surface area contributed by atoms with Gasteiger partial charge in [-0.25, -0.2) is 9.37 Å². The van der Waals surface area contributed by atoms with Crippen LogP contribution in [0.5, 0.6) is 0 Å². The Morgan fingerprint density at radius 2 is 2.14 bits per heavy atom. The molecule has 6 heteroatoms. The molecule has 0 radical (unpaired) electrons. The fraction of sp³-hybridized carbons (Fsp3) is 0.438. The van der Waals surface area contributed by atoms with Crippen LogP contribution in [0.3, 0.4) is 0 Å². The minimum absolute atomic E-state index is 0.258. The van der Waals surface area contributed by atoms with Crippen LogP contribution in [0, 0.1) is 6.92 Å². The zero-order chi connectivity index (χ0) is 15.9. The molecule has 1 amide bonds. The summed E-state index contributed by atoms with van der Waals surface area (Å²) in [6.45, 7) is 5.80. The Morgan fingerprint density at radius 1 is 1.32 bits per heavy atom. The molecule has 0 aliphatic carbocycles. The van der Waals surface area contributed by atoms with E-state index in [1.165, 1.54) is 6.20 Å². The second kappa shape index (κ2) is 7.79. The normalized spacial score (nSPS) is 11.1. The van der Waals surface area contributed by atoms with E-state index in [9.17, 15) is 9.18 Å². The standard InChI is InChI=1S/C16H21FN4O/c1-3-21(8-6-17)9-7-18-16(22)15-11-19-14-10-12(2)4-5-13(14)20-15/h4-5,10-11H,3,6-9H2,1-2H3,(H,18,22). The molecular weight excluding hydrogens is 283 g/mol.